The Balaban J connectivity index is 2.26. The predicted molar refractivity (Wildman–Crippen MR) is 64.6 cm³/mol. The Morgan fingerprint density at radius 1 is 1.19 bits per heavy atom. The van der Waals surface area contributed by atoms with Crippen molar-refractivity contribution in [1.29, 1.82) is 0 Å². The highest BCUT2D eigenvalue weighted by molar-refractivity contribution is 6.30. The minimum atomic E-state index is -0.776. The van der Waals surface area contributed by atoms with Crippen molar-refractivity contribution >= 4 is 11.6 Å². The molecule has 1 N–H and O–H groups in total. The van der Waals surface area contributed by atoms with Gasteiger partial charge in [-0.2, -0.15) is 0 Å². The Morgan fingerprint density at radius 3 is 2.19 bits per heavy atom. The van der Waals surface area contributed by atoms with Crippen molar-refractivity contribution in [2.45, 2.75) is 44.5 Å². The van der Waals surface area contributed by atoms with Gasteiger partial charge in [-0.25, -0.2) is 0 Å². The van der Waals surface area contributed by atoms with Gasteiger partial charge < -0.3 is 9.84 Å². The molecule has 1 aromatic rings. The Hall–Kier alpha value is -0.570. The van der Waals surface area contributed by atoms with Crippen molar-refractivity contribution in [2.24, 2.45) is 0 Å². The maximum Gasteiger partial charge on any atom is 0.0945 e. The first kappa shape index (κ1) is 11.9. The largest absolute Gasteiger partial charge is 0.385 e. The summed E-state index contributed by atoms with van der Waals surface area (Å²) in [5.41, 5.74) is 0.153. The number of benzene rings is 1. The van der Waals surface area contributed by atoms with E-state index in [4.69, 9.17) is 16.3 Å². The van der Waals surface area contributed by atoms with E-state index in [9.17, 15) is 5.11 Å². The van der Waals surface area contributed by atoms with Crippen molar-refractivity contribution in [3.05, 3.63) is 34.9 Å². The molecule has 16 heavy (non-hydrogen) atoms. The minimum Gasteiger partial charge on any atom is -0.385 e. The lowest BCUT2D eigenvalue weighted by Crippen LogP contribution is -2.41. The summed E-state index contributed by atoms with van der Waals surface area (Å²) < 4.78 is 5.64. The summed E-state index contributed by atoms with van der Waals surface area (Å²) in [6.45, 7) is 3.99. The molecule has 3 atom stereocenters. The van der Waals surface area contributed by atoms with Gasteiger partial charge in [-0.15, -0.1) is 0 Å². The Labute approximate surface area is 101 Å². The fraction of sp³-hybridized carbons (Fsp3) is 0.538. The molecule has 0 radical (unpaired) electrons. The highest BCUT2D eigenvalue weighted by Gasteiger charge is 2.38. The number of hydrogen-bond donors (Lipinski definition) is 1. The third-order valence-electron chi connectivity index (χ3n) is 3.10. The van der Waals surface area contributed by atoms with Crippen LogP contribution in [0.15, 0.2) is 24.3 Å². The van der Waals surface area contributed by atoms with Crippen LogP contribution in [0.1, 0.15) is 32.3 Å². The molecule has 0 amide bonds. The monoisotopic (exact) mass is 240 g/mol. The van der Waals surface area contributed by atoms with Crippen molar-refractivity contribution in [3.63, 3.8) is 0 Å². The Kier molecular flexibility index (Phi) is 3.24. The highest BCUT2D eigenvalue weighted by Crippen LogP contribution is 2.37. The summed E-state index contributed by atoms with van der Waals surface area (Å²) in [6.07, 6.45) is 1.45. The van der Waals surface area contributed by atoms with E-state index in [1.807, 2.05) is 38.1 Å². The van der Waals surface area contributed by atoms with Crippen molar-refractivity contribution in [1.82, 2.24) is 0 Å². The lowest BCUT2D eigenvalue weighted by molar-refractivity contribution is -0.135. The summed E-state index contributed by atoms with van der Waals surface area (Å²) in [5.74, 6) is 0. The van der Waals surface area contributed by atoms with E-state index in [1.54, 1.807) is 0 Å². The molecule has 1 aliphatic heterocycles. The van der Waals surface area contributed by atoms with Crippen LogP contribution in [0.2, 0.25) is 5.02 Å². The molecule has 1 aliphatic rings. The molecule has 0 bridgehead atoms. The molecule has 2 nitrogen and oxygen atoms in total. The lowest BCUT2D eigenvalue weighted by Gasteiger charge is -2.39. The molecule has 0 saturated carbocycles. The first-order valence-corrected chi connectivity index (χ1v) is 6.01. The molecule has 88 valence electrons. The molecular formula is C13H17ClO2. The highest BCUT2D eigenvalue weighted by atomic mass is 35.5. The van der Waals surface area contributed by atoms with Gasteiger partial charge in [0.1, 0.15) is 0 Å². The third-order valence-corrected chi connectivity index (χ3v) is 3.35. The Morgan fingerprint density at radius 2 is 1.69 bits per heavy atom. The zero-order valence-electron chi connectivity index (χ0n) is 9.61. The number of aliphatic hydroxyl groups is 1. The van der Waals surface area contributed by atoms with Gasteiger partial charge in [-0.3, -0.25) is 0 Å². The topological polar surface area (TPSA) is 29.5 Å². The quantitative estimate of drug-likeness (QED) is 0.817. The fourth-order valence-electron chi connectivity index (χ4n) is 2.52. The molecule has 3 heteroatoms. The van der Waals surface area contributed by atoms with Crippen LogP contribution in [0.5, 0.6) is 0 Å². The SMILES string of the molecule is C[C@@H]1CC(O)(c2ccc(Cl)cc2)C[C@H](C)O1. The second-order valence-electron chi connectivity index (χ2n) is 4.70. The van der Waals surface area contributed by atoms with Crippen LogP contribution < -0.4 is 0 Å². The van der Waals surface area contributed by atoms with Gasteiger partial charge in [-0.1, -0.05) is 23.7 Å². The summed E-state index contributed by atoms with van der Waals surface area (Å²) in [5, 5.41) is 11.3. The van der Waals surface area contributed by atoms with Gasteiger partial charge >= 0.3 is 0 Å². The second kappa shape index (κ2) is 4.36. The molecule has 1 unspecified atom stereocenters. The van der Waals surface area contributed by atoms with Crippen molar-refractivity contribution in [2.75, 3.05) is 0 Å². The first-order valence-electron chi connectivity index (χ1n) is 5.63. The van der Waals surface area contributed by atoms with Crippen LogP contribution in [0.25, 0.3) is 0 Å². The second-order valence-corrected chi connectivity index (χ2v) is 5.14. The average Bonchev–Trinajstić information content (AvgIpc) is 2.16. The van der Waals surface area contributed by atoms with E-state index in [2.05, 4.69) is 0 Å². The summed E-state index contributed by atoms with van der Waals surface area (Å²) in [7, 11) is 0. The summed E-state index contributed by atoms with van der Waals surface area (Å²) in [4.78, 5) is 0. The Bertz CT molecular complexity index is 351. The molecule has 1 saturated heterocycles. The maximum absolute atomic E-state index is 10.7. The van der Waals surface area contributed by atoms with Crippen LogP contribution in [0, 0.1) is 0 Å². The van der Waals surface area contributed by atoms with E-state index in [0.717, 1.165) is 5.56 Å². The molecule has 2 rings (SSSR count). The summed E-state index contributed by atoms with van der Waals surface area (Å²) >= 11 is 5.85. The number of ether oxygens (including phenoxy) is 1. The van der Waals surface area contributed by atoms with Crippen LogP contribution in [-0.4, -0.2) is 17.3 Å². The van der Waals surface area contributed by atoms with Crippen molar-refractivity contribution in [3.8, 4) is 0 Å². The van der Waals surface area contributed by atoms with Crippen LogP contribution in [0.4, 0.5) is 0 Å². The van der Waals surface area contributed by atoms with Gasteiger partial charge in [0, 0.05) is 17.9 Å². The van der Waals surface area contributed by atoms with Gasteiger partial charge in [0.25, 0.3) is 0 Å². The molecule has 1 heterocycles. The lowest BCUT2D eigenvalue weighted by atomic mass is 9.82. The standard InChI is InChI=1S/C13H17ClO2/c1-9-7-13(15,8-10(2)16-9)11-3-5-12(14)6-4-11/h3-6,9-10,15H,7-8H2,1-2H3/t9-,10+,13?. The molecule has 0 aliphatic carbocycles. The fourth-order valence-corrected chi connectivity index (χ4v) is 2.65. The van der Waals surface area contributed by atoms with Gasteiger partial charge in [0.05, 0.1) is 17.8 Å². The normalized spacial score (nSPS) is 35.0. The number of halogens is 1. The number of rotatable bonds is 1. The number of hydrogen-bond acceptors (Lipinski definition) is 2. The predicted octanol–water partition coefficient (Wildman–Crippen LogP) is 3.12. The molecule has 1 fully saturated rings. The van der Waals surface area contributed by atoms with Gasteiger partial charge in [-0.05, 0) is 31.5 Å². The molecule has 0 spiro atoms. The third kappa shape index (κ3) is 2.40. The van der Waals surface area contributed by atoms with Crippen molar-refractivity contribution < 1.29 is 9.84 Å². The summed E-state index contributed by atoms with van der Waals surface area (Å²) in [6, 6.07) is 7.43. The van der Waals surface area contributed by atoms with Crippen LogP contribution >= 0.6 is 11.6 Å². The average molecular weight is 241 g/mol. The van der Waals surface area contributed by atoms with Crippen LogP contribution in [0.3, 0.4) is 0 Å². The first-order chi connectivity index (χ1) is 7.49. The molecule has 0 aromatic heterocycles. The molecular weight excluding hydrogens is 224 g/mol. The smallest absolute Gasteiger partial charge is 0.0945 e. The van der Waals surface area contributed by atoms with E-state index in [-0.39, 0.29) is 12.2 Å². The van der Waals surface area contributed by atoms with E-state index >= 15 is 0 Å². The zero-order chi connectivity index (χ0) is 11.8. The van der Waals surface area contributed by atoms with E-state index in [1.165, 1.54) is 0 Å². The van der Waals surface area contributed by atoms with Gasteiger partial charge in [0.2, 0.25) is 0 Å². The molecule has 1 aromatic carbocycles. The van der Waals surface area contributed by atoms with E-state index in [0.29, 0.717) is 17.9 Å². The maximum atomic E-state index is 10.7. The van der Waals surface area contributed by atoms with Crippen LogP contribution in [-0.2, 0) is 10.3 Å². The zero-order valence-corrected chi connectivity index (χ0v) is 10.4. The van der Waals surface area contributed by atoms with E-state index < -0.39 is 5.60 Å². The minimum absolute atomic E-state index is 0.0874. The van der Waals surface area contributed by atoms with Gasteiger partial charge in [0.15, 0.2) is 0 Å².